The van der Waals surface area contributed by atoms with Crippen molar-refractivity contribution < 1.29 is 21.6 Å². The van der Waals surface area contributed by atoms with E-state index in [-0.39, 0.29) is 28.1 Å². The zero-order valence-corrected chi connectivity index (χ0v) is 25.1. The summed E-state index contributed by atoms with van der Waals surface area (Å²) in [6, 6.07) is 19.2. The van der Waals surface area contributed by atoms with Crippen LogP contribution in [0.3, 0.4) is 0 Å². The Hall–Kier alpha value is -3.03. The van der Waals surface area contributed by atoms with Crippen LogP contribution in [-0.4, -0.2) is 73.1 Å². The standard InChI is InChI=1S/C26H28N4O5S3.ClH/c1-28(2)16-17-30(26-27-23-15-14-22(37(4,32)33)18-24(23)36-26)25(31)19-10-12-21(13-11-19)38(34,35)29(3)20-8-6-5-7-9-20;/h5-15,18H,16-17H2,1-4H3;1H. The summed E-state index contributed by atoms with van der Waals surface area (Å²) < 4.78 is 52.0. The number of anilines is 2. The third kappa shape index (κ3) is 6.76. The summed E-state index contributed by atoms with van der Waals surface area (Å²) in [6.45, 7) is 0.895. The molecule has 0 unspecified atom stereocenters. The Labute approximate surface area is 239 Å². The monoisotopic (exact) mass is 608 g/mol. The fourth-order valence-electron chi connectivity index (χ4n) is 3.68. The summed E-state index contributed by atoms with van der Waals surface area (Å²) >= 11 is 1.23. The van der Waals surface area contributed by atoms with E-state index in [9.17, 15) is 21.6 Å². The van der Waals surface area contributed by atoms with E-state index in [2.05, 4.69) is 4.98 Å². The quantitative estimate of drug-likeness (QED) is 0.281. The highest BCUT2D eigenvalue weighted by Gasteiger charge is 2.25. The molecule has 3 aromatic carbocycles. The SMILES string of the molecule is CN(C)CCN(C(=O)c1ccc(S(=O)(=O)N(C)c2ccccc2)cc1)c1nc2ccc(S(C)(=O)=O)cc2s1.Cl. The number of fused-ring (bicyclic) bond motifs is 1. The zero-order valence-electron chi connectivity index (χ0n) is 21.8. The van der Waals surface area contributed by atoms with Gasteiger partial charge in [-0.25, -0.2) is 21.8 Å². The molecule has 9 nitrogen and oxygen atoms in total. The lowest BCUT2D eigenvalue weighted by molar-refractivity contribution is 0.0985. The van der Waals surface area contributed by atoms with Crippen LogP contribution in [0.4, 0.5) is 10.8 Å². The van der Waals surface area contributed by atoms with Gasteiger partial charge in [0.05, 0.1) is 25.7 Å². The minimum atomic E-state index is -3.82. The first-order valence-corrected chi connectivity index (χ1v) is 15.7. The minimum Gasteiger partial charge on any atom is -0.308 e. The third-order valence-electron chi connectivity index (χ3n) is 5.90. The molecule has 13 heteroatoms. The van der Waals surface area contributed by atoms with Gasteiger partial charge < -0.3 is 4.90 Å². The molecular formula is C26H29ClN4O5S3. The predicted octanol–water partition coefficient (Wildman–Crippen LogP) is 4.16. The van der Waals surface area contributed by atoms with E-state index in [1.54, 1.807) is 36.4 Å². The number of benzene rings is 3. The topological polar surface area (TPSA) is 108 Å². The number of aromatic nitrogens is 1. The molecule has 0 saturated heterocycles. The Balaban J connectivity index is 0.00000420. The Morgan fingerprint density at radius 3 is 2.05 bits per heavy atom. The van der Waals surface area contributed by atoms with E-state index in [0.29, 0.717) is 39.7 Å². The Kier molecular flexibility index (Phi) is 9.39. The van der Waals surface area contributed by atoms with Gasteiger partial charge in [-0.05, 0) is 68.7 Å². The van der Waals surface area contributed by atoms with Crippen molar-refractivity contribution in [1.29, 1.82) is 0 Å². The van der Waals surface area contributed by atoms with Gasteiger partial charge in [0.2, 0.25) is 0 Å². The van der Waals surface area contributed by atoms with Crippen molar-refractivity contribution in [3.8, 4) is 0 Å². The van der Waals surface area contributed by atoms with E-state index in [0.717, 1.165) is 6.26 Å². The second-order valence-corrected chi connectivity index (χ2v) is 14.0. The molecule has 0 radical (unpaired) electrons. The fraction of sp³-hybridized carbons (Fsp3) is 0.231. The van der Waals surface area contributed by atoms with Crippen molar-refractivity contribution in [3.05, 3.63) is 78.4 Å². The van der Waals surface area contributed by atoms with Gasteiger partial charge in [0.25, 0.3) is 15.9 Å². The van der Waals surface area contributed by atoms with E-state index in [1.807, 2.05) is 25.1 Å². The number of likely N-dealkylation sites (N-methyl/N-ethyl adjacent to an activating group) is 1. The molecule has 4 aromatic rings. The smallest absolute Gasteiger partial charge is 0.264 e. The number of amides is 1. The maximum absolute atomic E-state index is 13.6. The van der Waals surface area contributed by atoms with Crippen LogP contribution in [0.15, 0.2) is 82.6 Å². The first-order chi connectivity index (χ1) is 17.9. The number of carbonyl (C=O) groups is 1. The van der Waals surface area contributed by atoms with E-state index < -0.39 is 19.9 Å². The number of para-hydroxylation sites is 1. The number of halogens is 1. The number of carbonyl (C=O) groups excluding carboxylic acids is 1. The zero-order chi connectivity index (χ0) is 27.7. The number of hydrogen-bond acceptors (Lipinski definition) is 8. The Bertz CT molecular complexity index is 1670. The first kappa shape index (κ1) is 30.5. The lowest BCUT2D eigenvalue weighted by Gasteiger charge is -2.22. The van der Waals surface area contributed by atoms with Crippen molar-refractivity contribution in [2.75, 3.05) is 49.7 Å². The van der Waals surface area contributed by atoms with E-state index in [4.69, 9.17) is 0 Å². The average Bonchev–Trinajstić information content (AvgIpc) is 3.31. The molecule has 0 fully saturated rings. The van der Waals surface area contributed by atoms with E-state index >= 15 is 0 Å². The molecule has 0 bridgehead atoms. The van der Waals surface area contributed by atoms with Gasteiger partial charge in [0.1, 0.15) is 0 Å². The number of nitrogens with zero attached hydrogens (tertiary/aromatic N) is 4. The minimum absolute atomic E-state index is 0. The molecule has 0 N–H and O–H groups in total. The maximum atomic E-state index is 13.6. The third-order valence-corrected chi connectivity index (χ3v) is 9.85. The van der Waals surface area contributed by atoms with Gasteiger partial charge in [-0.15, -0.1) is 12.4 Å². The lowest BCUT2D eigenvalue weighted by Crippen LogP contribution is -2.36. The summed E-state index contributed by atoms with van der Waals surface area (Å²) in [6.07, 6.45) is 1.14. The fourth-order valence-corrected chi connectivity index (χ4v) is 6.63. The second kappa shape index (κ2) is 12.0. The highest BCUT2D eigenvalue weighted by molar-refractivity contribution is 7.92. The van der Waals surface area contributed by atoms with E-state index in [1.165, 1.54) is 57.9 Å². The van der Waals surface area contributed by atoms with Crippen LogP contribution >= 0.6 is 23.7 Å². The molecule has 0 spiro atoms. The van der Waals surface area contributed by atoms with Crippen LogP contribution in [-0.2, 0) is 19.9 Å². The molecule has 1 aromatic heterocycles. The number of sulfonamides is 1. The average molecular weight is 609 g/mol. The van der Waals surface area contributed by atoms with Gasteiger partial charge in [-0.1, -0.05) is 29.5 Å². The van der Waals surface area contributed by atoms with Crippen LogP contribution < -0.4 is 9.21 Å². The highest BCUT2D eigenvalue weighted by Crippen LogP contribution is 2.32. The van der Waals surface area contributed by atoms with Crippen molar-refractivity contribution in [3.63, 3.8) is 0 Å². The summed E-state index contributed by atoms with van der Waals surface area (Å²) in [7, 11) is -1.94. The predicted molar refractivity (Wildman–Crippen MR) is 159 cm³/mol. The second-order valence-electron chi connectivity index (χ2n) is 8.99. The maximum Gasteiger partial charge on any atom is 0.264 e. The van der Waals surface area contributed by atoms with Crippen molar-refractivity contribution in [1.82, 2.24) is 9.88 Å². The molecule has 0 aliphatic heterocycles. The largest absolute Gasteiger partial charge is 0.308 e. The van der Waals surface area contributed by atoms with Gasteiger partial charge in [-0.2, -0.15) is 0 Å². The van der Waals surface area contributed by atoms with Crippen LogP contribution in [0.2, 0.25) is 0 Å². The number of thiazole rings is 1. The van der Waals surface area contributed by atoms with Crippen LogP contribution in [0.1, 0.15) is 10.4 Å². The Morgan fingerprint density at radius 2 is 1.46 bits per heavy atom. The molecule has 0 aliphatic rings. The molecule has 4 rings (SSSR count). The summed E-state index contributed by atoms with van der Waals surface area (Å²) in [5.74, 6) is -0.338. The lowest BCUT2D eigenvalue weighted by atomic mass is 10.2. The summed E-state index contributed by atoms with van der Waals surface area (Å²) in [5, 5.41) is 0.429. The molecule has 0 atom stereocenters. The van der Waals surface area contributed by atoms with Gasteiger partial charge in [0, 0.05) is 32.0 Å². The Morgan fingerprint density at radius 1 is 0.846 bits per heavy atom. The van der Waals surface area contributed by atoms with Crippen LogP contribution in [0.5, 0.6) is 0 Å². The molecule has 1 heterocycles. The first-order valence-electron chi connectivity index (χ1n) is 11.6. The van der Waals surface area contributed by atoms with Crippen molar-refractivity contribution >= 4 is 70.5 Å². The normalized spacial score (nSPS) is 11.8. The number of rotatable bonds is 9. The van der Waals surface area contributed by atoms with Gasteiger partial charge in [-0.3, -0.25) is 14.0 Å². The highest BCUT2D eigenvalue weighted by atomic mass is 35.5. The number of sulfone groups is 1. The molecule has 1 amide bonds. The molecular weight excluding hydrogens is 580 g/mol. The van der Waals surface area contributed by atoms with Crippen LogP contribution in [0.25, 0.3) is 10.2 Å². The molecule has 0 saturated carbocycles. The molecule has 39 heavy (non-hydrogen) atoms. The molecule has 0 aliphatic carbocycles. The number of hydrogen-bond donors (Lipinski definition) is 0. The van der Waals surface area contributed by atoms with Crippen molar-refractivity contribution in [2.45, 2.75) is 9.79 Å². The summed E-state index contributed by atoms with van der Waals surface area (Å²) in [5.41, 5.74) is 1.42. The van der Waals surface area contributed by atoms with Gasteiger partial charge in [0.15, 0.2) is 15.0 Å². The van der Waals surface area contributed by atoms with Crippen molar-refractivity contribution in [2.24, 2.45) is 0 Å². The summed E-state index contributed by atoms with van der Waals surface area (Å²) in [4.78, 5) is 21.9. The molecule has 208 valence electrons. The van der Waals surface area contributed by atoms with Crippen LogP contribution in [0, 0.1) is 0 Å². The van der Waals surface area contributed by atoms with Gasteiger partial charge >= 0.3 is 0 Å².